The molecule has 3 rings (SSSR count). The summed E-state index contributed by atoms with van der Waals surface area (Å²) in [6.45, 7) is 3.47. The average molecular weight is 419 g/mol. The summed E-state index contributed by atoms with van der Waals surface area (Å²) in [4.78, 5) is 24.6. The SMILES string of the molecule is Cc1cc(NC(=O)C(C)SCC(=O)Nc2ccc(Cl)cc2-n2cccc2)no1. The van der Waals surface area contributed by atoms with Crippen LogP contribution in [0.25, 0.3) is 5.69 Å². The lowest BCUT2D eigenvalue weighted by Crippen LogP contribution is -2.25. The van der Waals surface area contributed by atoms with E-state index in [1.165, 1.54) is 11.8 Å². The predicted molar refractivity (Wildman–Crippen MR) is 111 cm³/mol. The van der Waals surface area contributed by atoms with Gasteiger partial charge in [-0.3, -0.25) is 9.59 Å². The molecule has 2 N–H and O–H groups in total. The van der Waals surface area contributed by atoms with E-state index in [2.05, 4.69) is 15.8 Å². The van der Waals surface area contributed by atoms with Crippen molar-refractivity contribution in [2.45, 2.75) is 19.1 Å². The molecule has 2 heterocycles. The highest BCUT2D eigenvalue weighted by molar-refractivity contribution is 8.01. The van der Waals surface area contributed by atoms with Crippen LogP contribution in [0.2, 0.25) is 5.02 Å². The van der Waals surface area contributed by atoms with Crippen molar-refractivity contribution in [1.29, 1.82) is 0 Å². The molecule has 2 aromatic heterocycles. The number of anilines is 2. The minimum absolute atomic E-state index is 0.125. The van der Waals surface area contributed by atoms with E-state index in [4.69, 9.17) is 16.1 Å². The van der Waals surface area contributed by atoms with Gasteiger partial charge < -0.3 is 19.7 Å². The summed E-state index contributed by atoms with van der Waals surface area (Å²) in [6, 6.07) is 10.7. The lowest BCUT2D eigenvalue weighted by molar-refractivity contribution is -0.115. The summed E-state index contributed by atoms with van der Waals surface area (Å²) < 4.78 is 6.78. The van der Waals surface area contributed by atoms with E-state index in [0.717, 1.165) is 5.69 Å². The van der Waals surface area contributed by atoms with Crippen molar-refractivity contribution in [1.82, 2.24) is 9.72 Å². The van der Waals surface area contributed by atoms with Crippen molar-refractivity contribution in [3.8, 4) is 5.69 Å². The Labute approximate surface area is 171 Å². The number of thioether (sulfide) groups is 1. The lowest BCUT2D eigenvalue weighted by atomic mass is 10.2. The fraction of sp³-hybridized carbons (Fsp3) is 0.211. The molecule has 146 valence electrons. The zero-order chi connectivity index (χ0) is 20.1. The Balaban J connectivity index is 1.56. The molecule has 7 nitrogen and oxygen atoms in total. The number of aromatic nitrogens is 2. The standard InChI is InChI=1S/C19H19ClN4O3S/c1-12-9-17(23-27-12)22-19(26)13(2)28-11-18(25)21-15-6-5-14(20)10-16(15)24-7-3-4-8-24/h3-10,13H,11H2,1-2H3,(H,21,25)(H,22,23,26). The molecule has 0 radical (unpaired) electrons. The summed E-state index contributed by atoms with van der Waals surface area (Å²) in [5.41, 5.74) is 1.41. The van der Waals surface area contributed by atoms with Crippen molar-refractivity contribution < 1.29 is 14.1 Å². The third-order valence-electron chi connectivity index (χ3n) is 3.83. The van der Waals surface area contributed by atoms with Crippen LogP contribution < -0.4 is 10.6 Å². The molecule has 0 aliphatic carbocycles. The number of carbonyl (C=O) groups is 2. The molecule has 0 saturated carbocycles. The van der Waals surface area contributed by atoms with Crippen LogP contribution in [0.1, 0.15) is 12.7 Å². The number of carbonyl (C=O) groups excluding carboxylic acids is 2. The maximum Gasteiger partial charge on any atom is 0.238 e. The molecule has 2 amide bonds. The van der Waals surface area contributed by atoms with E-state index in [0.29, 0.717) is 22.3 Å². The Kier molecular flexibility index (Phi) is 6.43. The first-order valence-corrected chi connectivity index (χ1v) is 9.93. The first-order chi connectivity index (χ1) is 13.4. The molecule has 0 aliphatic rings. The Hall–Kier alpha value is -2.71. The minimum atomic E-state index is -0.433. The summed E-state index contributed by atoms with van der Waals surface area (Å²) in [7, 11) is 0. The van der Waals surface area contributed by atoms with E-state index >= 15 is 0 Å². The van der Waals surface area contributed by atoms with Gasteiger partial charge in [0.15, 0.2) is 5.82 Å². The van der Waals surface area contributed by atoms with Gasteiger partial charge >= 0.3 is 0 Å². The van der Waals surface area contributed by atoms with Crippen LogP contribution in [0, 0.1) is 6.92 Å². The van der Waals surface area contributed by atoms with Crippen molar-refractivity contribution in [3.63, 3.8) is 0 Å². The summed E-state index contributed by atoms with van der Waals surface area (Å²) >= 11 is 7.32. The minimum Gasteiger partial charge on any atom is -0.360 e. The van der Waals surface area contributed by atoms with Gasteiger partial charge in [0, 0.05) is 23.5 Å². The van der Waals surface area contributed by atoms with E-state index in [9.17, 15) is 9.59 Å². The zero-order valence-corrected chi connectivity index (χ0v) is 16.9. The van der Waals surface area contributed by atoms with Gasteiger partial charge in [-0.1, -0.05) is 16.8 Å². The molecule has 9 heteroatoms. The number of nitrogens with one attached hydrogen (secondary N) is 2. The third-order valence-corrected chi connectivity index (χ3v) is 5.21. The molecule has 28 heavy (non-hydrogen) atoms. The third kappa shape index (κ3) is 5.17. The van der Waals surface area contributed by atoms with Gasteiger partial charge in [-0.25, -0.2) is 0 Å². The molecule has 1 atom stereocenters. The predicted octanol–water partition coefficient (Wildman–Crippen LogP) is 4.13. The van der Waals surface area contributed by atoms with Crippen LogP contribution in [-0.2, 0) is 9.59 Å². The second-order valence-electron chi connectivity index (χ2n) is 6.07. The quantitative estimate of drug-likeness (QED) is 0.602. The fourth-order valence-corrected chi connectivity index (χ4v) is 3.29. The number of aryl methyl sites for hydroxylation is 1. The Morgan fingerprint density at radius 1 is 1.25 bits per heavy atom. The normalized spacial score (nSPS) is 11.8. The maximum atomic E-state index is 12.4. The largest absolute Gasteiger partial charge is 0.360 e. The van der Waals surface area contributed by atoms with Crippen LogP contribution in [0.5, 0.6) is 0 Å². The number of halogens is 1. The van der Waals surface area contributed by atoms with Crippen molar-refractivity contribution in [2.75, 3.05) is 16.4 Å². The molecule has 1 aromatic carbocycles. The molecule has 3 aromatic rings. The second kappa shape index (κ2) is 8.99. The van der Waals surface area contributed by atoms with Gasteiger partial charge in [-0.15, -0.1) is 11.8 Å². The van der Waals surface area contributed by atoms with E-state index in [1.807, 2.05) is 29.1 Å². The van der Waals surface area contributed by atoms with Gasteiger partial charge in [0.2, 0.25) is 11.8 Å². The number of hydrogen-bond acceptors (Lipinski definition) is 5. The Bertz CT molecular complexity index is 971. The van der Waals surface area contributed by atoms with Gasteiger partial charge in [-0.2, -0.15) is 0 Å². The van der Waals surface area contributed by atoms with E-state index in [1.54, 1.807) is 38.1 Å². The topological polar surface area (TPSA) is 89.2 Å². The molecule has 0 saturated heterocycles. The van der Waals surface area contributed by atoms with Crippen LogP contribution in [0.15, 0.2) is 53.3 Å². The number of amides is 2. The van der Waals surface area contributed by atoms with Crippen molar-refractivity contribution >= 4 is 46.7 Å². The van der Waals surface area contributed by atoms with Crippen LogP contribution in [-0.4, -0.2) is 32.5 Å². The monoisotopic (exact) mass is 418 g/mol. The number of rotatable bonds is 7. The van der Waals surface area contributed by atoms with Crippen LogP contribution in [0.4, 0.5) is 11.5 Å². The first-order valence-electron chi connectivity index (χ1n) is 8.51. The number of hydrogen-bond donors (Lipinski definition) is 2. The molecule has 1 unspecified atom stereocenters. The second-order valence-corrected chi connectivity index (χ2v) is 7.83. The summed E-state index contributed by atoms with van der Waals surface area (Å²) in [5, 5.41) is 9.39. The van der Waals surface area contributed by atoms with Crippen LogP contribution in [0.3, 0.4) is 0 Å². The first kappa shape index (κ1) is 20.0. The molecule has 0 bridgehead atoms. The van der Waals surface area contributed by atoms with Gasteiger partial charge in [0.25, 0.3) is 0 Å². The maximum absolute atomic E-state index is 12.4. The van der Waals surface area contributed by atoms with E-state index in [-0.39, 0.29) is 17.6 Å². The molecule has 0 fully saturated rings. The highest BCUT2D eigenvalue weighted by Gasteiger charge is 2.17. The van der Waals surface area contributed by atoms with E-state index < -0.39 is 5.25 Å². The lowest BCUT2D eigenvalue weighted by Gasteiger charge is -2.14. The van der Waals surface area contributed by atoms with Crippen LogP contribution >= 0.6 is 23.4 Å². The van der Waals surface area contributed by atoms with Crippen molar-refractivity contribution in [3.05, 3.63) is 59.6 Å². The van der Waals surface area contributed by atoms with Gasteiger partial charge in [-0.05, 0) is 44.2 Å². The molecular formula is C19H19ClN4O3S. The number of nitrogens with zero attached hydrogens (tertiary/aromatic N) is 2. The Morgan fingerprint density at radius 2 is 2.00 bits per heavy atom. The van der Waals surface area contributed by atoms with Gasteiger partial charge in [0.05, 0.1) is 22.4 Å². The average Bonchev–Trinajstić information content (AvgIpc) is 3.33. The zero-order valence-electron chi connectivity index (χ0n) is 15.3. The summed E-state index contributed by atoms with van der Waals surface area (Å²) in [6.07, 6.45) is 3.74. The summed E-state index contributed by atoms with van der Waals surface area (Å²) in [5.74, 6) is 0.636. The highest BCUT2D eigenvalue weighted by atomic mass is 35.5. The molecule has 0 aliphatic heterocycles. The molecular weight excluding hydrogens is 400 g/mol. The fourth-order valence-electron chi connectivity index (χ4n) is 2.44. The number of benzene rings is 1. The van der Waals surface area contributed by atoms with Gasteiger partial charge in [0.1, 0.15) is 5.76 Å². The smallest absolute Gasteiger partial charge is 0.238 e. The Morgan fingerprint density at radius 3 is 2.68 bits per heavy atom. The highest BCUT2D eigenvalue weighted by Crippen LogP contribution is 2.25. The molecule has 0 spiro atoms. The van der Waals surface area contributed by atoms with Crippen molar-refractivity contribution in [2.24, 2.45) is 0 Å².